The van der Waals surface area contributed by atoms with Gasteiger partial charge in [-0.1, -0.05) is 6.92 Å². The van der Waals surface area contributed by atoms with E-state index in [0.29, 0.717) is 11.3 Å². The zero-order valence-corrected chi connectivity index (χ0v) is 12.6. The Bertz CT molecular complexity index is 590. The smallest absolute Gasteiger partial charge is 0.354 e. The summed E-state index contributed by atoms with van der Waals surface area (Å²) in [6, 6.07) is 2.94. The summed E-state index contributed by atoms with van der Waals surface area (Å²) in [7, 11) is 0. The molecule has 0 aromatic carbocycles. The number of carbonyl (C=O) groups is 3. The molecule has 112 valence electrons. The molecule has 1 N–H and O–H groups in total. The number of hydrogen-bond acceptors (Lipinski definition) is 5. The quantitative estimate of drug-likeness (QED) is 0.835. The molecule has 2 amide bonds. The minimum Gasteiger partial charge on any atom is -0.477 e. The summed E-state index contributed by atoms with van der Waals surface area (Å²) in [5.41, 5.74) is -0.0736. The summed E-state index contributed by atoms with van der Waals surface area (Å²) in [5.74, 6) is -1.49. The van der Waals surface area contributed by atoms with Crippen molar-refractivity contribution in [1.29, 1.82) is 0 Å². The molecule has 1 aliphatic heterocycles. The van der Waals surface area contributed by atoms with Crippen LogP contribution in [0.25, 0.3) is 0 Å². The van der Waals surface area contributed by atoms with Crippen molar-refractivity contribution in [3.63, 3.8) is 0 Å². The van der Waals surface area contributed by atoms with Gasteiger partial charge in [0.25, 0.3) is 0 Å². The Hall–Kier alpha value is -1.89. The van der Waals surface area contributed by atoms with Gasteiger partial charge >= 0.3 is 5.97 Å². The maximum atomic E-state index is 12.3. The minimum absolute atomic E-state index is 0.0736. The minimum atomic E-state index is -1.12. The molecule has 1 fully saturated rings. The van der Waals surface area contributed by atoms with Crippen LogP contribution in [0.1, 0.15) is 37.2 Å². The van der Waals surface area contributed by atoms with Gasteiger partial charge in [-0.05, 0) is 25.5 Å². The van der Waals surface area contributed by atoms with E-state index < -0.39 is 11.2 Å². The van der Waals surface area contributed by atoms with Gasteiger partial charge < -0.3 is 5.11 Å². The van der Waals surface area contributed by atoms with Crippen LogP contribution in [0.3, 0.4) is 0 Å². The van der Waals surface area contributed by atoms with Gasteiger partial charge in [0.05, 0.1) is 5.25 Å². The van der Waals surface area contributed by atoms with Gasteiger partial charge in [-0.2, -0.15) is 0 Å². The summed E-state index contributed by atoms with van der Waals surface area (Å²) >= 11 is 1.21. The Balaban J connectivity index is 2.14. The van der Waals surface area contributed by atoms with Crippen molar-refractivity contribution < 1.29 is 19.5 Å². The Kier molecular flexibility index (Phi) is 4.62. The number of carboxylic acid groups (broad SMARTS) is 1. The first-order valence-electron chi connectivity index (χ1n) is 6.66. The Morgan fingerprint density at radius 1 is 1.57 bits per heavy atom. The monoisotopic (exact) mass is 308 g/mol. The fourth-order valence-electron chi connectivity index (χ4n) is 2.13. The first kappa shape index (κ1) is 15.5. The summed E-state index contributed by atoms with van der Waals surface area (Å²) in [6.07, 6.45) is 2.26. The molecular formula is C14H16N2O4S. The van der Waals surface area contributed by atoms with Crippen molar-refractivity contribution in [3.8, 4) is 0 Å². The number of rotatable bonds is 5. The van der Waals surface area contributed by atoms with Crippen LogP contribution in [-0.2, 0) is 9.59 Å². The normalized spacial score (nSPS) is 19.9. The van der Waals surface area contributed by atoms with E-state index in [0.717, 1.165) is 0 Å². The zero-order valence-electron chi connectivity index (χ0n) is 11.8. The summed E-state index contributed by atoms with van der Waals surface area (Å²) in [6.45, 7) is 3.77. The van der Waals surface area contributed by atoms with E-state index in [1.54, 1.807) is 6.07 Å². The second-order valence-corrected chi connectivity index (χ2v) is 6.13. The number of pyridine rings is 1. The van der Waals surface area contributed by atoms with Crippen LogP contribution in [0, 0.1) is 0 Å². The molecule has 2 unspecified atom stereocenters. The van der Waals surface area contributed by atoms with Gasteiger partial charge in [0.15, 0.2) is 0 Å². The van der Waals surface area contributed by atoms with Crippen LogP contribution in [0.4, 0.5) is 0 Å². The summed E-state index contributed by atoms with van der Waals surface area (Å²) in [5, 5.41) is 8.42. The number of amides is 2. The van der Waals surface area contributed by atoms with E-state index in [2.05, 4.69) is 4.98 Å². The fraction of sp³-hybridized carbons (Fsp3) is 0.429. The molecule has 2 rings (SSSR count). The molecule has 0 aliphatic carbocycles. The van der Waals surface area contributed by atoms with Crippen LogP contribution in [0.2, 0.25) is 0 Å². The SMILES string of the molecule is CCC(C)N1C(=O)CC(Sc2ccnc(C(=O)O)c2)C1=O. The topological polar surface area (TPSA) is 87.6 Å². The Morgan fingerprint density at radius 3 is 2.90 bits per heavy atom. The highest BCUT2D eigenvalue weighted by Gasteiger charge is 2.41. The molecule has 1 aromatic rings. The van der Waals surface area contributed by atoms with Gasteiger partial charge in [-0.25, -0.2) is 9.78 Å². The van der Waals surface area contributed by atoms with Gasteiger partial charge in [-0.15, -0.1) is 11.8 Å². The van der Waals surface area contributed by atoms with Crippen molar-refractivity contribution in [2.45, 2.75) is 42.9 Å². The largest absolute Gasteiger partial charge is 0.477 e. The van der Waals surface area contributed by atoms with Gasteiger partial charge in [-0.3, -0.25) is 14.5 Å². The lowest BCUT2D eigenvalue weighted by atomic mass is 10.2. The van der Waals surface area contributed by atoms with Crippen LogP contribution >= 0.6 is 11.8 Å². The van der Waals surface area contributed by atoms with E-state index in [9.17, 15) is 14.4 Å². The van der Waals surface area contributed by atoms with Crippen molar-refractivity contribution in [2.75, 3.05) is 0 Å². The highest BCUT2D eigenvalue weighted by Crippen LogP contribution is 2.32. The molecule has 2 heterocycles. The van der Waals surface area contributed by atoms with Crippen molar-refractivity contribution >= 4 is 29.5 Å². The fourth-order valence-corrected chi connectivity index (χ4v) is 3.21. The predicted molar refractivity (Wildman–Crippen MR) is 77.1 cm³/mol. The third-order valence-electron chi connectivity index (χ3n) is 3.40. The lowest BCUT2D eigenvalue weighted by molar-refractivity contribution is -0.140. The molecule has 6 nitrogen and oxygen atoms in total. The van der Waals surface area contributed by atoms with Crippen LogP contribution < -0.4 is 0 Å². The highest BCUT2D eigenvalue weighted by atomic mass is 32.2. The number of aromatic nitrogens is 1. The molecule has 7 heteroatoms. The molecule has 1 saturated heterocycles. The number of hydrogen-bond donors (Lipinski definition) is 1. The van der Waals surface area contributed by atoms with E-state index in [1.165, 1.54) is 28.9 Å². The van der Waals surface area contributed by atoms with E-state index in [4.69, 9.17) is 5.11 Å². The molecule has 21 heavy (non-hydrogen) atoms. The second kappa shape index (κ2) is 6.26. The van der Waals surface area contributed by atoms with E-state index in [1.807, 2.05) is 13.8 Å². The van der Waals surface area contributed by atoms with Crippen LogP contribution in [-0.4, -0.2) is 44.1 Å². The van der Waals surface area contributed by atoms with Crippen molar-refractivity contribution in [1.82, 2.24) is 9.88 Å². The molecule has 0 spiro atoms. The first-order chi connectivity index (χ1) is 9.93. The molecule has 0 bridgehead atoms. The molecule has 1 aromatic heterocycles. The van der Waals surface area contributed by atoms with E-state index >= 15 is 0 Å². The molecule has 0 radical (unpaired) electrons. The molecule has 2 atom stereocenters. The van der Waals surface area contributed by atoms with Gasteiger partial charge in [0.2, 0.25) is 11.8 Å². The van der Waals surface area contributed by atoms with Crippen molar-refractivity contribution in [3.05, 3.63) is 24.0 Å². The van der Waals surface area contributed by atoms with Crippen LogP contribution in [0.5, 0.6) is 0 Å². The number of thioether (sulfide) groups is 1. The Labute approximate surface area is 126 Å². The molecular weight excluding hydrogens is 292 g/mol. The first-order valence-corrected chi connectivity index (χ1v) is 7.54. The predicted octanol–water partition coefficient (Wildman–Crippen LogP) is 1.80. The number of aromatic carboxylic acids is 1. The third-order valence-corrected chi connectivity index (χ3v) is 4.58. The highest BCUT2D eigenvalue weighted by molar-refractivity contribution is 8.00. The molecule has 1 aliphatic rings. The lowest BCUT2D eigenvalue weighted by Crippen LogP contribution is -2.38. The third kappa shape index (κ3) is 3.24. The average molecular weight is 308 g/mol. The maximum absolute atomic E-state index is 12.3. The maximum Gasteiger partial charge on any atom is 0.354 e. The number of likely N-dealkylation sites (tertiary alicyclic amines) is 1. The number of carboxylic acids is 1. The standard InChI is InChI=1S/C14H16N2O4S/c1-3-8(2)16-12(17)7-11(13(16)18)21-9-4-5-15-10(6-9)14(19)20/h4-6,8,11H,3,7H2,1-2H3,(H,19,20). The Morgan fingerprint density at radius 2 is 2.29 bits per heavy atom. The number of carbonyl (C=O) groups excluding carboxylic acids is 2. The van der Waals surface area contributed by atoms with Crippen LogP contribution in [0.15, 0.2) is 23.2 Å². The van der Waals surface area contributed by atoms with Gasteiger partial charge in [0, 0.05) is 23.6 Å². The lowest BCUT2D eigenvalue weighted by Gasteiger charge is -2.21. The average Bonchev–Trinajstić information content (AvgIpc) is 2.73. The van der Waals surface area contributed by atoms with Gasteiger partial charge in [0.1, 0.15) is 5.69 Å². The number of nitrogens with zero attached hydrogens (tertiary/aromatic N) is 2. The summed E-state index contributed by atoms with van der Waals surface area (Å²) in [4.78, 5) is 40.8. The second-order valence-electron chi connectivity index (χ2n) is 4.85. The molecule has 0 saturated carbocycles. The van der Waals surface area contributed by atoms with E-state index in [-0.39, 0.29) is 30.0 Å². The summed E-state index contributed by atoms with van der Waals surface area (Å²) < 4.78 is 0. The van der Waals surface area contributed by atoms with Crippen molar-refractivity contribution in [2.24, 2.45) is 0 Å². The zero-order chi connectivity index (χ0) is 15.6. The number of imide groups is 1.